The van der Waals surface area contributed by atoms with Gasteiger partial charge in [-0.25, -0.2) is 8.42 Å². The molecule has 9 nitrogen and oxygen atoms in total. The van der Waals surface area contributed by atoms with Crippen LogP contribution in [0.5, 0.6) is 0 Å². The maximum Gasteiger partial charge on any atom is 0.324 e. The molecule has 0 aliphatic heterocycles. The number of hydrogen-bond donors (Lipinski definition) is 3. The summed E-state index contributed by atoms with van der Waals surface area (Å²) in [7, 11) is -2.46. The minimum Gasteiger partial charge on any atom is -0.454 e. The predicted molar refractivity (Wildman–Crippen MR) is 111 cm³/mol. The summed E-state index contributed by atoms with van der Waals surface area (Å²) in [6.07, 6.45) is 0. The smallest absolute Gasteiger partial charge is 0.324 e. The minimum absolute atomic E-state index is 0.0653. The van der Waals surface area contributed by atoms with Crippen molar-refractivity contribution < 1.29 is 27.5 Å². The van der Waals surface area contributed by atoms with E-state index in [0.29, 0.717) is 16.3 Å². The molecule has 3 N–H and O–H groups in total. The number of amides is 2. The summed E-state index contributed by atoms with van der Waals surface area (Å²) in [6, 6.07) is 10.3. The minimum atomic E-state index is -3.96. The van der Waals surface area contributed by atoms with Crippen LogP contribution in [0.4, 0.5) is 5.69 Å². The highest BCUT2D eigenvalue weighted by atomic mass is 35.5. The molecular formula is C19H20ClN3O6S. The summed E-state index contributed by atoms with van der Waals surface area (Å²) >= 11 is 5.73. The molecule has 30 heavy (non-hydrogen) atoms. The topological polar surface area (TPSA) is 131 Å². The molecule has 0 bridgehead atoms. The van der Waals surface area contributed by atoms with E-state index in [4.69, 9.17) is 16.3 Å². The Morgan fingerprint density at radius 3 is 2.20 bits per heavy atom. The number of sulfonamides is 1. The molecule has 0 spiro atoms. The van der Waals surface area contributed by atoms with Crippen LogP contribution in [0.2, 0.25) is 5.02 Å². The number of nitrogens with one attached hydrogen (secondary N) is 3. The first-order valence-corrected chi connectivity index (χ1v) is 10.5. The Kier molecular flexibility index (Phi) is 7.93. The predicted octanol–water partition coefficient (Wildman–Crippen LogP) is 1.55. The van der Waals surface area contributed by atoms with Gasteiger partial charge in [-0.15, -0.1) is 0 Å². The van der Waals surface area contributed by atoms with Crippen LogP contribution in [-0.2, 0) is 24.3 Å². The van der Waals surface area contributed by atoms with Crippen molar-refractivity contribution in [3.8, 4) is 0 Å². The zero-order chi connectivity index (χ0) is 22.3. The highest BCUT2D eigenvalue weighted by molar-refractivity contribution is 7.89. The third-order valence-electron chi connectivity index (χ3n) is 3.81. The lowest BCUT2D eigenvalue weighted by atomic mass is 10.2. The zero-order valence-electron chi connectivity index (χ0n) is 16.1. The molecule has 0 aliphatic rings. The lowest BCUT2D eigenvalue weighted by Crippen LogP contribution is -2.40. The number of halogens is 1. The van der Waals surface area contributed by atoms with Gasteiger partial charge >= 0.3 is 5.97 Å². The van der Waals surface area contributed by atoms with Crippen molar-refractivity contribution in [3.05, 3.63) is 59.1 Å². The van der Waals surface area contributed by atoms with Crippen molar-refractivity contribution in [1.82, 2.24) is 10.0 Å². The molecule has 0 unspecified atom stereocenters. The SMILES string of the molecule is CNC(=O)c1ccc(NC(=O)COC(=O)[C@H](C)NS(=O)(=O)c2ccc(Cl)cc2)cc1. The van der Waals surface area contributed by atoms with E-state index in [0.717, 1.165) is 0 Å². The maximum atomic E-state index is 12.3. The fraction of sp³-hybridized carbons (Fsp3) is 0.211. The Morgan fingerprint density at radius 2 is 1.63 bits per heavy atom. The quantitative estimate of drug-likeness (QED) is 0.520. The van der Waals surface area contributed by atoms with Crippen molar-refractivity contribution in [1.29, 1.82) is 0 Å². The fourth-order valence-corrected chi connectivity index (χ4v) is 3.59. The highest BCUT2D eigenvalue weighted by Gasteiger charge is 2.23. The van der Waals surface area contributed by atoms with E-state index in [9.17, 15) is 22.8 Å². The Balaban J connectivity index is 1.86. The van der Waals surface area contributed by atoms with Gasteiger partial charge in [0.2, 0.25) is 10.0 Å². The average Bonchev–Trinajstić information content (AvgIpc) is 2.72. The summed E-state index contributed by atoms with van der Waals surface area (Å²) in [5, 5.41) is 5.35. The monoisotopic (exact) mass is 453 g/mol. The second-order valence-electron chi connectivity index (χ2n) is 6.11. The molecule has 2 rings (SSSR count). The largest absolute Gasteiger partial charge is 0.454 e. The number of ether oxygens (including phenoxy) is 1. The summed E-state index contributed by atoms with van der Waals surface area (Å²) in [5.41, 5.74) is 0.823. The molecule has 0 fully saturated rings. The van der Waals surface area contributed by atoms with E-state index in [1.54, 1.807) is 0 Å². The molecular weight excluding hydrogens is 434 g/mol. The van der Waals surface area contributed by atoms with Crippen LogP contribution in [0.15, 0.2) is 53.4 Å². The number of esters is 1. The van der Waals surface area contributed by atoms with Gasteiger partial charge in [0.1, 0.15) is 6.04 Å². The number of carbonyl (C=O) groups excluding carboxylic acids is 3. The second kappa shape index (κ2) is 10.2. The van der Waals surface area contributed by atoms with Crippen molar-refractivity contribution in [2.24, 2.45) is 0 Å². The molecule has 0 saturated heterocycles. The van der Waals surface area contributed by atoms with Crippen LogP contribution < -0.4 is 15.4 Å². The summed E-state index contributed by atoms with van der Waals surface area (Å²) < 4.78 is 31.6. The lowest BCUT2D eigenvalue weighted by molar-refractivity contribution is -0.148. The van der Waals surface area contributed by atoms with Gasteiger partial charge in [-0.05, 0) is 55.5 Å². The Bertz CT molecular complexity index is 1020. The number of benzene rings is 2. The zero-order valence-corrected chi connectivity index (χ0v) is 17.7. The molecule has 0 aliphatic carbocycles. The number of carbonyl (C=O) groups is 3. The third kappa shape index (κ3) is 6.55. The summed E-state index contributed by atoms with van der Waals surface area (Å²) in [5.74, 6) is -1.81. The molecule has 0 heterocycles. The van der Waals surface area contributed by atoms with Gasteiger partial charge in [0, 0.05) is 23.3 Å². The molecule has 160 valence electrons. The van der Waals surface area contributed by atoms with Crippen molar-refractivity contribution in [3.63, 3.8) is 0 Å². The van der Waals surface area contributed by atoms with E-state index in [-0.39, 0.29) is 10.8 Å². The van der Waals surface area contributed by atoms with Gasteiger partial charge in [-0.1, -0.05) is 11.6 Å². The number of hydrogen-bond acceptors (Lipinski definition) is 6. The summed E-state index contributed by atoms with van der Waals surface area (Å²) in [4.78, 5) is 35.4. The van der Waals surface area contributed by atoms with Crippen LogP contribution in [0.3, 0.4) is 0 Å². The first-order valence-electron chi connectivity index (χ1n) is 8.69. The van der Waals surface area contributed by atoms with E-state index in [1.807, 2.05) is 0 Å². The lowest BCUT2D eigenvalue weighted by Gasteiger charge is -2.14. The van der Waals surface area contributed by atoms with Crippen molar-refractivity contribution in [2.45, 2.75) is 17.9 Å². The highest BCUT2D eigenvalue weighted by Crippen LogP contribution is 2.14. The Hall–Kier alpha value is -2.95. The number of rotatable bonds is 8. The first kappa shape index (κ1) is 23.3. The van der Waals surface area contributed by atoms with Gasteiger partial charge in [0.05, 0.1) is 4.90 Å². The van der Waals surface area contributed by atoms with Crippen molar-refractivity contribution in [2.75, 3.05) is 19.0 Å². The normalized spacial score (nSPS) is 12.0. The van der Waals surface area contributed by atoms with Gasteiger partial charge in [0.25, 0.3) is 11.8 Å². The maximum absolute atomic E-state index is 12.3. The average molecular weight is 454 g/mol. The molecule has 2 aromatic carbocycles. The van der Waals surface area contributed by atoms with Crippen LogP contribution >= 0.6 is 11.6 Å². The molecule has 2 aromatic rings. The van der Waals surface area contributed by atoms with E-state index in [1.165, 1.54) is 62.5 Å². The van der Waals surface area contributed by atoms with Crippen LogP contribution in [0, 0.1) is 0 Å². The molecule has 2 amide bonds. The fourth-order valence-electron chi connectivity index (χ4n) is 2.27. The molecule has 1 atom stereocenters. The molecule has 0 radical (unpaired) electrons. The second-order valence-corrected chi connectivity index (χ2v) is 8.26. The third-order valence-corrected chi connectivity index (χ3v) is 5.62. The van der Waals surface area contributed by atoms with Crippen LogP contribution in [0.1, 0.15) is 17.3 Å². The van der Waals surface area contributed by atoms with Crippen LogP contribution in [-0.4, -0.2) is 45.9 Å². The first-order chi connectivity index (χ1) is 14.1. The van der Waals surface area contributed by atoms with Gasteiger partial charge in [0.15, 0.2) is 6.61 Å². The van der Waals surface area contributed by atoms with E-state index < -0.39 is 34.5 Å². The Morgan fingerprint density at radius 1 is 1.03 bits per heavy atom. The standard InChI is InChI=1S/C19H20ClN3O6S/c1-12(23-30(27,28)16-9-5-14(20)6-10-16)19(26)29-11-17(24)22-15-7-3-13(4-8-15)18(25)21-2/h3-10,12,23H,11H2,1-2H3,(H,21,25)(H,22,24)/t12-/m0/s1. The molecule has 11 heteroatoms. The van der Waals surface area contributed by atoms with E-state index in [2.05, 4.69) is 15.4 Å². The number of anilines is 1. The molecule has 0 aromatic heterocycles. The molecule has 0 saturated carbocycles. The van der Waals surface area contributed by atoms with Crippen LogP contribution in [0.25, 0.3) is 0 Å². The van der Waals surface area contributed by atoms with Gasteiger partial charge in [-0.2, -0.15) is 4.72 Å². The van der Waals surface area contributed by atoms with E-state index >= 15 is 0 Å². The van der Waals surface area contributed by atoms with Gasteiger partial charge < -0.3 is 15.4 Å². The summed E-state index contributed by atoms with van der Waals surface area (Å²) in [6.45, 7) is 0.689. The van der Waals surface area contributed by atoms with Crippen molar-refractivity contribution >= 4 is 45.1 Å². The Labute approximate surface area is 178 Å². The van der Waals surface area contributed by atoms with Gasteiger partial charge in [-0.3, -0.25) is 14.4 Å².